The van der Waals surface area contributed by atoms with E-state index in [4.69, 9.17) is 19.8 Å². The highest BCUT2D eigenvalue weighted by molar-refractivity contribution is 5.99. The molecular weight excluding hydrogens is 548 g/mol. The Morgan fingerprint density at radius 3 is 2.60 bits per heavy atom. The van der Waals surface area contributed by atoms with Gasteiger partial charge in [-0.15, -0.1) is 5.10 Å². The first-order valence-electron chi connectivity index (χ1n) is 13.4. The number of hydrogen-bond donors (Lipinski definition) is 2. The molecule has 12 heteroatoms. The second kappa shape index (κ2) is 12.2. The summed E-state index contributed by atoms with van der Waals surface area (Å²) in [5, 5.41) is 22.0. The van der Waals surface area contributed by atoms with Crippen LogP contribution in [0.2, 0.25) is 0 Å². The number of carbonyl (C=O) groups is 1. The molecule has 0 saturated carbocycles. The molecule has 43 heavy (non-hydrogen) atoms. The van der Waals surface area contributed by atoms with Crippen molar-refractivity contribution in [2.24, 2.45) is 5.10 Å². The van der Waals surface area contributed by atoms with Gasteiger partial charge in [-0.1, -0.05) is 78.0 Å². The van der Waals surface area contributed by atoms with Gasteiger partial charge in [-0.05, 0) is 57.3 Å². The quantitative estimate of drug-likeness (QED) is 0.173. The average molecular weight is 575 g/mol. The lowest BCUT2D eigenvalue weighted by molar-refractivity contribution is 0.0947. The molecule has 0 bridgehead atoms. The number of nitrogens with one attached hydrogen (secondary N) is 1. The van der Waals surface area contributed by atoms with Crippen LogP contribution in [0, 0.1) is 0 Å². The smallest absolute Gasteiger partial charge is 0.292 e. The van der Waals surface area contributed by atoms with Crippen molar-refractivity contribution >= 4 is 28.7 Å². The number of aromatic nitrogens is 5. The predicted molar refractivity (Wildman–Crippen MR) is 160 cm³/mol. The van der Waals surface area contributed by atoms with Crippen molar-refractivity contribution in [1.82, 2.24) is 30.7 Å². The Labute approximate surface area is 245 Å². The fraction of sp³-hybridized carbons (Fsp3) is 0.0968. The summed E-state index contributed by atoms with van der Waals surface area (Å²) in [5.41, 5.74) is 11.2. The third-order valence-electron chi connectivity index (χ3n) is 6.54. The van der Waals surface area contributed by atoms with Gasteiger partial charge >= 0.3 is 0 Å². The first kappa shape index (κ1) is 27.1. The van der Waals surface area contributed by atoms with Crippen LogP contribution in [0.5, 0.6) is 11.5 Å². The van der Waals surface area contributed by atoms with E-state index in [1.165, 1.54) is 6.21 Å². The van der Waals surface area contributed by atoms with Gasteiger partial charge in [-0.2, -0.15) is 9.78 Å². The summed E-state index contributed by atoms with van der Waals surface area (Å²) in [6.45, 7) is 2.72. The summed E-state index contributed by atoms with van der Waals surface area (Å²) >= 11 is 0. The summed E-state index contributed by atoms with van der Waals surface area (Å²) < 4.78 is 17.9. The molecular formula is C31H26N8O4. The van der Waals surface area contributed by atoms with E-state index in [9.17, 15) is 4.79 Å². The maximum Gasteiger partial charge on any atom is 0.292 e. The van der Waals surface area contributed by atoms with Crippen LogP contribution in [-0.2, 0) is 6.61 Å². The molecule has 214 valence electrons. The van der Waals surface area contributed by atoms with E-state index < -0.39 is 5.91 Å². The fourth-order valence-corrected chi connectivity index (χ4v) is 4.55. The highest BCUT2D eigenvalue weighted by Gasteiger charge is 2.25. The maximum absolute atomic E-state index is 13.4. The zero-order valence-corrected chi connectivity index (χ0v) is 23.0. The topological polar surface area (TPSA) is 156 Å². The van der Waals surface area contributed by atoms with E-state index in [2.05, 4.69) is 49.4 Å². The van der Waals surface area contributed by atoms with Gasteiger partial charge in [-0.25, -0.2) is 10.1 Å². The van der Waals surface area contributed by atoms with Gasteiger partial charge in [0.1, 0.15) is 12.3 Å². The highest BCUT2D eigenvalue weighted by atomic mass is 16.6. The predicted octanol–water partition coefficient (Wildman–Crippen LogP) is 4.79. The lowest BCUT2D eigenvalue weighted by Crippen LogP contribution is -2.22. The van der Waals surface area contributed by atoms with E-state index in [1.807, 2.05) is 61.5 Å². The normalized spacial score (nSPS) is 11.2. The molecule has 1 amide bonds. The molecule has 6 rings (SSSR count). The van der Waals surface area contributed by atoms with Crippen molar-refractivity contribution in [1.29, 1.82) is 0 Å². The number of nitrogens with two attached hydrogens (primary N) is 1. The number of rotatable bonds is 10. The largest absolute Gasteiger partial charge is 0.490 e. The third-order valence-corrected chi connectivity index (χ3v) is 6.54. The molecule has 0 aliphatic carbocycles. The van der Waals surface area contributed by atoms with Crippen molar-refractivity contribution in [2.75, 3.05) is 12.3 Å². The molecule has 2 aromatic heterocycles. The van der Waals surface area contributed by atoms with E-state index >= 15 is 0 Å². The van der Waals surface area contributed by atoms with Gasteiger partial charge in [0.2, 0.25) is 11.6 Å². The molecule has 0 aliphatic heterocycles. The van der Waals surface area contributed by atoms with Crippen molar-refractivity contribution in [3.63, 3.8) is 0 Å². The van der Waals surface area contributed by atoms with Gasteiger partial charge in [0.05, 0.1) is 12.8 Å². The Morgan fingerprint density at radius 2 is 1.79 bits per heavy atom. The van der Waals surface area contributed by atoms with E-state index in [0.29, 0.717) is 41.5 Å². The van der Waals surface area contributed by atoms with Gasteiger partial charge in [-0.3, -0.25) is 4.79 Å². The lowest BCUT2D eigenvalue weighted by Gasteiger charge is -2.13. The SMILES string of the molecule is CCOc1cc(/C=N\NC(=O)c2c(-c3ccccc3)nnn2-c2nonc2N)ccc1OCc1cccc2ccccc12. The zero-order valence-electron chi connectivity index (χ0n) is 23.0. The number of fused-ring (bicyclic) bond motifs is 1. The molecule has 2 heterocycles. The fourth-order valence-electron chi connectivity index (χ4n) is 4.55. The van der Waals surface area contributed by atoms with Gasteiger partial charge in [0.15, 0.2) is 17.2 Å². The van der Waals surface area contributed by atoms with Crippen LogP contribution < -0.4 is 20.6 Å². The van der Waals surface area contributed by atoms with Crippen molar-refractivity contribution in [3.8, 4) is 28.6 Å². The Hall–Kier alpha value is -6.04. The number of hydrogen-bond acceptors (Lipinski definition) is 10. The molecule has 0 atom stereocenters. The van der Waals surface area contributed by atoms with Crippen LogP contribution >= 0.6 is 0 Å². The molecule has 0 saturated heterocycles. The minimum Gasteiger partial charge on any atom is -0.490 e. The summed E-state index contributed by atoms with van der Waals surface area (Å²) in [7, 11) is 0. The highest BCUT2D eigenvalue weighted by Crippen LogP contribution is 2.30. The lowest BCUT2D eigenvalue weighted by atomic mass is 10.1. The molecule has 3 N–H and O–H groups in total. The van der Waals surface area contributed by atoms with Crippen molar-refractivity contribution < 1.29 is 18.9 Å². The molecule has 4 aromatic carbocycles. The van der Waals surface area contributed by atoms with Crippen molar-refractivity contribution in [2.45, 2.75) is 13.5 Å². The molecule has 0 aliphatic rings. The maximum atomic E-state index is 13.4. The summed E-state index contributed by atoms with van der Waals surface area (Å²) in [5.74, 6) is 0.540. The molecule has 0 fully saturated rings. The number of ether oxygens (including phenoxy) is 2. The molecule has 6 aromatic rings. The number of nitrogens with zero attached hydrogens (tertiary/aromatic N) is 6. The van der Waals surface area contributed by atoms with Gasteiger partial charge in [0, 0.05) is 5.56 Å². The Bertz CT molecular complexity index is 1910. The number of nitrogen functional groups attached to an aromatic ring is 1. The summed E-state index contributed by atoms with van der Waals surface area (Å²) in [6.07, 6.45) is 1.50. The standard InChI is InChI=1S/C31H26N8O4/c1-2-41-26-17-20(15-16-25(26)42-19-23-13-8-12-21-9-6-7-14-24(21)23)18-33-35-31(40)28-27(22-10-4-3-5-11-22)34-38-39(28)30-29(32)36-43-37-30/h3-18H,2,19H2,1H3,(H2,32,36)(H,35,40)/b33-18-. The first-order chi connectivity index (χ1) is 21.1. The van der Waals surface area contributed by atoms with Crippen LogP contribution in [0.4, 0.5) is 5.82 Å². The van der Waals surface area contributed by atoms with Crippen LogP contribution in [0.1, 0.15) is 28.5 Å². The summed E-state index contributed by atoms with van der Waals surface area (Å²) in [4.78, 5) is 13.4. The van der Waals surface area contributed by atoms with E-state index in [-0.39, 0.29) is 17.3 Å². The van der Waals surface area contributed by atoms with Crippen molar-refractivity contribution in [3.05, 3.63) is 108 Å². The number of amides is 1. The minimum atomic E-state index is -0.595. The zero-order chi connectivity index (χ0) is 29.6. The Kier molecular flexibility index (Phi) is 7.72. The number of carbonyl (C=O) groups excluding carboxylic acids is 1. The molecule has 0 unspecified atom stereocenters. The third kappa shape index (κ3) is 5.75. The van der Waals surface area contributed by atoms with Gasteiger partial charge in [0.25, 0.3) is 5.91 Å². The number of anilines is 1. The Balaban J connectivity index is 1.21. The van der Waals surface area contributed by atoms with Crippen LogP contribution in [-0.4, -0.2) is 44.0 Å². The first-order valence-corrected chi connectivity index (χ1v) is 13.4. The average Bonchev–Trinajstić information content (AvgIpc) is 3.67. The minimum absolute atomic E-state index is 0.0317. The van der Waals surface area contributed by atoms with Crippen LogP contribution in [0.25, 0.3) is 27.8 Å². The van der Waals surface area contributed by atoms with Crippen LogP contribution in [0.15, 0.2) is 101 Å². The van der Waals surface area contributed by atoms with Gasteiger partial charge < -0.3 is 15.2 Å². The molecule has 0 radical (unpaired) electrons. The number of hydrazone groups is 1. The Morgan fingerprint density at radius 1 is 0.977 bits per heavy atom. The van der Waals surface area contributed by atoms with E-state index in [0.717, 1.165) is 21.0 Å². The molecule has 0 spiro atoms. The monoisotopic (exact) mass is 574 g/mol. The number of benzene rings is 4. The van der Waals surface area contributed by atoms with E-state index in [1.54, 1.807) is 18.2 Å². The summed E-state index contributed by atoms with van der Waals surface area (Å²) in [6, 6.07) is 28.9. The molecule has 12 nitrogen and oxygen atoms in total. The van der Waals surface area contributed by atoms with Crippen LogP contribution in [0.3, 0.4) is 0 Å². The second-order valence-corrected chi connectivity index (χ2v) is 9.30. The second-order valence-electron chi connectivity index (χ2n) is 9.30.